The molecule has 0 saturated heterocycles. The van der Waals surface area contributed by atoms with Gasteiger partial charge in [0.2, 0.25) is 0 Å². The number of aryl methyl sites for hydroxylation is 3. The van der Waals surface area contributed by atoms with Crippen LogP contribution in [0.3, 0.4) is 0 Å². The monoisotopic (exact) mass is 288 g/mol. The summed E-state index contributed by atoms with van der Waals surface area (Å²) in [4.78, 5) is 18.6. The highest BCUT2D eigenvalue weighted by atomic mass is 16.5. The normalized spacial score (nSPS) is 17.6. The number of nitrogens with zero attached hydrogens (tertiary/aromatic N) is 4. The van der Waals surface area contributed by atoms with Crippen LogP contribution in [0.5, 0.6) is 0 Å². The zero-order chi connectivity index (χ0) is 15.0. The summed E-state index contributed by atoms with van der Waals surface area (Å²) < 4.78 is 7.27. The Kier molecular flexibility index (Phi) is 3.53. The second-order valence-corrected chi connectivity index (χ2v) is 5.79. The second-order valence-electron chi connectivity index (χ2n) is 5.79. The third-order valence-electron chi connectivity index (χ3n) is 4.16. The summed E-state index contributed by atoms with van der Waals surface area (Å²) >= 11 is 0. The van der Waals surface area contributed by atoms with Crippen molar-refractivity contribution >= 4 is 5.91 Å². The lowest BCUT2D eigenvalue weighted by atomic mass is 9.98. The average Bonchev–Trinajstić information content (AvgIpc) is 3.04. The third-order valence-corrected chi connectivity index (χ3v) is 4.16. The topological polar surface area (TPSA) is 64.2 Å². The molecule has 0 aromatic carbocycles. The number of fused-ring (bicyclic) bond motifs is 1. The van der Waals surface area contributed by atoms with Gasteiger partial charge < -0.3 is 14.0 Å². The van der Waals surface area contributed by atoms with Crippen LogP contribution in [0.1, 0.15) is 34.1 Å². The Hall–Kier alpha value is -2.11. The predicted molar refractivity (Wildman–Crippen MR) is 77.0 cm³/mol. The molecule has 1 aliphatic heterocycles. The van der Waals surface area contributed by atoms with Gasteiger partial charge in [0.25, 0.3) is 5.91 Å². The van der Waals surface area contributed by atoms with Gasteiger partial charge in [-0.15, -0.1) is 0 Å². The highest BCUT2D eigenvalue weighted by Gasteiger charge is 2.25. The molecule has 21 heavy (non-hydrogen) atoms. The minimum atomic E-state index is -0.0114. The number of hydrogen-bond donors (Lipinski definition) is 0. The number of imidazole rings is 1. The minimum Gasteiger partial charge on any atom is -0.361 e. The standard InChI is InChI=1S/C15H20N4O2/c1-10-14(11(2)21-17-10)15(20)18(3)8-12-4-5-13-16-6-7-19(13)9-12/h6-7,12H,4-5,8-9H2,1-3H3/t12-/m0/s1. The van der Waals surface area contributed by atoms with Gasteiger partial charge in [0.15, 0.2) is 0 Å². The summed E-state index contributed by atoms with van der Waals surface area (Å²) in [7, 11) is 1.84. The van der Waals surface area contributed by atoms with Crippen molar-refractivity contribution in [3.05, 3.63) is 35.2 Å². The maximum absolute atomic E-state index is 12.5. The number of hydrogen-bond acceptors (Lipinski definition) is 4. The van der Waals surface area contributed by atoms with Crippen LogP contribution < -0.4 is 0 Å². The van der Waals surface area contributed by atoms with Crippen molar-refractivity contribution in [3.63, 3.8) is 0 Å². The maximum Gasteiger partial charge on any atom is 0.259 e. The second kappa shape index (κ2) is 5.35. The van der Waals surface area contributed by atoms with Crippen LogP contribution in [0, 0.1) is 19.8 Å². The molecule has 2 aromatic heterocycles. The van der Waals surface area contributed by atoms with E-state index < -0.39 is 0 Å². The highest BCUT2D eigenvalue weighted by Crippen LogP contribution is 2.21. The molecule has 0 spiro atoms. The molecular formula is C15H20N4O2. The van der Waals surface area contributed by atoms with Gasteiger partial charge in [0, 0.05) is 39.0 Å². The molecule has 0 unspecified atom stereocenters. The first kappa shape index (κ1) is 13.9. The van der Waals surface area contributed by atoms with E-state index in [0.717, 1.165) is 31.8 Å². The first-order chi connectivity index (χ1) is 10.1. The van der Waals surface area contributed by atoms with Crippen LogP contribution in [-0.2, 0) is 13.0 Å². The van der Waals surface area contributed by atoms with Crippen molar-refractivity contribution in [2.24, 2.45) is 5.92 Å². The lowest BCUT2D eigenvalue weighted by Gasteiger charge is -2.28. The molecule has 6 heteroatoms. The van der Waals surface area contributed by atoms with Gasteiger partial charge in [-0.3, -0.25) is 4.79 Å². The van der Waals surface area contributed by atoms with Gasteiger partial charge in [0.05, 0.1) is 5.69 Å². The van der Waals surface area contributed by atoms with Crippen molar-refractivity contribution in [2.75, 3.05) is 13.6 Å². The molecule has 1 amide bonds. The molecule has 3 rings (SSSR count). The summed E-state index contributed by atoms with van der Waals surface area (Å²) in [6.45, 7) is 5.24. The van der Waals surface area contributed by atoms with Crippen molar-refractivity contribution in [2.45, 2.75) is 33.2 Å². The lowest BCUT2D eigenvalue weighted by molar-refractivity contribution is 0.0758. The average molecular weight is 288 g/mol. The molecule has 6 nitrogen and oxygen atoms in total. The molecule has 1 atom stereocenters. The fourth-order valence-corrected chi connectivity index (χ4v) is 3.04. The summed E-state index contributed by atoms with van der Waals surface area (Å²) in [6.07, 6.45) is 5.90. The van der Waals surface area contributed by atoms with E-state index in [9.17, 15) is 4.79 Å². The summed E-state index contributed by atoms with van der Waals surface area (Å²) in [6, 6.07) is 0. The van der Waals surface area contributed by atoms with Gasteiger partial charge >= 0.3 is 0 Å². The van der Waals surface area contributed by atoms with E-state index in [4.69, 9.17) is 4.52 Å². The van der Waals surface area contributed by atoms with E-state index in [0.29, 0.717) is 22.9 Å². The van der Waals surface area contributed by atoms with Gasteiger partial charge in [-0.2, -0.15) is 0 Å². The number of aromatic nitrogens is 3. The van der Waals surface area contributed by atoms with Crippen LogP contribution >= 0.6 is 0 Å². The largest absolute Gasteiger partial charge is 0.361 e. The van der Waals surface area contributed by atoms with Crippen LogP contribution in [0.25, 0.3) is 0 Å². The van der Waals surface area contributed by atoms with Crippen molar-refractivity contribution in [1.29, 1.82) is 0 Å². The SMILES string of the molecule is Cc1noc(C)c1C(=O)N(C)C[C@@H]1CCc2nccn2C1. The summed E-state index contributed by atoms with van der Waals surface area (Å²) in [5.74, 6) is 2.18. The molecule has 0 radical (unpaired) electrons. The van der Waals surface area contributed by atoms with Crippen molar-refractivity contribution < 1.29 is 9.32 Å². The first-order valence-corrected chi connectivity index (χ1v) is 7.24. The fourth-order valence-electron chi connectivity index (χ4n) is 3.04. The molecule has 3 heterocycles. The van der Waals surface area contributed by atoms with Crippen LogP contribution in [-0.4, -0.2) is 39.1 Å². The first-order valence-electron chi connectivity index (χ1n) is 7.24. The Balaban J connectivity index is 1.67. The lowest BCUT2D eigenvalue weighted by Crippen LogP contribution is -2.35. The predicted octanol–water partition coefficient (Wildman–Crippen LogP) is 1.82. The van der Waals surface area contributed by atoms with Gasteiger partial charge in [-0.05, 0) is 26.2 Å². The molecule has 112 valence electrons. The Bertz CT molecular complexity index is 639. The quantitative estimate of drug-likeness (QED) is 0.864. The van der Waals surface area contributed by atoms with E-state index in [1.807, 2.05) is 19.4 Å². The van der Waals surface area contributed by atoms with E-state index in [1.54, 1.807) is 18.7 Å². The van der Waals surface area contributed by atoms with Gasteiger partial charge in [0.1, 0.15) is 17.1 Å². The van der Waals surface area contributed by atoms with E-state index in [-0.39, 0.29) is 5.91 Å². The molecule has 2 aromatic rings. The summed E-state index contributed by atoms with van der Waals surface area (Å²) in [5.41, 5.74) is 1.25. The van der Waals surface area contributed by atoms with Crippen LogP contribution in [0.15, 0.2) is 16.9 Å². The van der Waals surface area contributed by atoms with Crippen LogP contribution in [0.4, 0.5) is 0 Å². The Morgan fingerprint density at radius 1 is 1.52 bits per heavy atom. The number of carbonyl (C=O) groups is 1. The molecule has 0 bridgehead atoms. The molecule has 0 N–H and O–H groups in total. The maximum atomic E-state index is 12.5. The fraction of sp³-hybridized carbons (Fsp3) is 0.533. The minimum absolute atomic E-state index is 0.0114. The van der Waals surface area contributed by atoms with Gasteiger partial charge in [-0.1, -0.05) is 5.16 Å². The van der Waals surface area contributed by atoms with Crippen LogP contribution in [0.2, 0.25) is 0 Å². The number of amides is 1. The molecule has 0 saturated carbocycles. The van der Waals surface area contributed by atoms with Crippen molar-refractivity contribution in [3.8, 4) is 0 Å². The van der Waals surface area contributed by atoms with Crippen molar-refractivity contribution in [1.82, 2.24) is 19.6 Å². The van der Waals surface area contributed by atoms with E-state index >= 15 is 0 Å². The van der Waals surface area contributed by atoms with Gasteiger partial charge in [-0.25, -0.2) is 4.98 Å². The van der Waals surface area contributed by atoms with E-state index in [2.05, 4.69) is 14.7 Å². The number of rotatable bonds is 3. The molecular weight excluding hydrogens is 268 g/mol. The zero-order valence-corrected chi connectivity index (χ0v) is 12.7. The Labute approximate surface area is 123 Å². The summed E-state index contributed by atoms with van der Waals surface area (Å²) in [5, 5.41) is 3.85. The molecule has 0 fully saturated rings. The zero-order valence-electron chi connectivity index (χ0n) is 12.7. The Morgan fingerprint density at radius 2 is 2.33 bits per heavy atom. The Morgan fingerprint density at radius 3 is 3.05 bits per heavy atom. The number of carbonyl (C=O) groups excluding carboxylic acids is 1. The highest BCUT2D eigenvalue weighted by molar-refractivity contribution is 5.95. The van der Waals surface area contributed by atoms with E-state index in [1.165, 1.54) is 0 Å². The smallest absolute Gasteiger partial charge is 0.259 e. The molecule has 1 aliphatic rings. The molecule has 0 aliphatic carbocycles. The third kappa shape index (κ3) is 2.57.